The Morgan fingerprint density at radius 1 is 1.23 bits per heavy atom. The minimum atomic E-state index is -0.615. The van der Waals surface area contributed by atoms with Crippen molar-refractivity contribution < 1.29 is 14.0 Å². The lowest BCUT2D eigenvalue weighted by atomic mass is 9.92. The van der Waals surface area contributed by atoms with Crippen LogP contribution >= 0.6 is 11.6 Å². The van der Waals surface area contributed by atoms with Crippen molar-refractivity contribution in [1.29, 1.82) is 0 Å². The van der Waals surface area contributed by atoms with E-state index in [4.69, 9.17) is 16.6 Å². The van der Waals surface area contributed by atoms with E-state index < -0.39 is 5.82 Å². The van der Waals surface area contributed by atoms with E-state index in [0.717, 1.165) is 12.0 Å². The summed E-state index contributed by atoms with van der Waals surface area (Å²) in [7, 11) is 0. The standard InChI is InChI=1S/C27H24ClFN8O2/c1-2-23(38)32-19-6-4-3-5-17(19)20-13-30-27(33-20)22-9-7-16-11-15(12-24(39)37(16)22)25-21(36-14-31-34-35-36)10-8-18(28)26(25)29/h3-6,8,10,12-14,16,22H,2,7,9,11H2,1H3,(H,30,33)(H,32,38)/t16-,22-/m0/s1. The van der Waals surface area contributed by atoms with Gasteiger partial charge in [0.1, 0.15) is 12.2 Å². The van der Waals surface area contributed by atoms with E-state index in [1.807, 2.05) is 29.2 Å². The number of hydrogen-bond donors (Lipinski definition) is 2. The molecule has 39 heavy (non-hydrogen) atoms. The molecule has 4 aromatic rings. The summed E-state index contributed by atoms with van der Waals surface area (Å²) < 4.78 is 16.7. The third-order valence-electron chi connectivity index (χ3n) is 7.21. The van der Waals surface area contributed by atoms with Crippen LogP contribution in [0, 0.1) is 5.82 Å². The van der Waals surface area contributed by atoms with Gasteiger partial charge in [-0.15, -0.1) is 5.10 Å². The van der Waals surface area contributed by atoms with Gasteiger partial charge >= 0.3 is 0 Å². The van der Waals surface area contributed by atoms with Gasteiger partial charge in [-0.2, -0.15) is 4.68 Å². The van der Waals surface area contributed by atoms with Crippen LogP contribution in [0.25, 0.3) is 22.5 Å². The summed E-state index contributed by atoms with van der Waals surface area (Å²) in [6, 6.07) is 10.2. The Morgan fingerprint density at radius 3 is 2.87 bits per heavy atom. The van der Waals surface area contributed by atoms with E-state index in [1.54, 1.807) is 19.2 Å². The van der Waals surface area contributed by atoms with Gasteiger partial charge in [-0.05, 0) is 53.5 Å². The number of nitrogens with zero attached hydrogens (tertiary/aromatic N) is 6. The Hall–Kier alpha value is -4.38. The van der Waals surface area contributed by atoms with Crippen LogP contribution in [0.15, 0.2) is 55.0 Å². The minimum Gasteiger partial charge on any atom is -0.346 e. The molecule has 1 fully saturated rings. The molecule has 0 aliphatic carbocycles. The first-order valence-electron chi connectivity index (χ1n) is 12.6. The smallest absolute Gasteiger partial charge is 0.247 e. The van der Waals surface area contributed by atoms with Gasteiger partial charge in [0.25, 0.3) is 0 Å². The van der Waals surface area contributed by atoms with E-state index in [0.29, 0.717) is 47.7 Å². The van der Waals surface area contributed by atoms with Crippen LogP contribution in [0.1, 0.15) is 50.0 Å². The number of H-pyrrole nitrogens is 1. The third-order valence-corrected chi connectivity index (χ3v) is 7.50. The topological polar surface area (TPSA) is 122 Å². The van der Waals surface area contributed by atoms with E-state index >= 15 is 4.39 Å². The number of carbonyl (C=O) groups is 2. The number of para-hydroxylation sites is 1. The highest BCUT2D eigenvalue weighted by atomic mass is 35.5. The van der Waals surface area contributed by atoms with Crippen molar-refractivity contribution in [3.8, 4) is 16.9 Å². The number of nitrogens with one attached hydrogen (secondary N) is 2. The molecule has 2 aromatic carbocycles. The second-order valence-electron chi connectivity index (χ2n) is 9.49. The van der Waals surface area contributed by atoms with Gasteiger partial charge in [-0.1, -0.05) is 36.7 Å². The van der Waals surface area contributed by atoms with Gasteiger partial charge in [0.05, 0.1) is 28.1 Å². The number of rotatable bonds is 6. The lowest BCUT2D eigenvalue weighted by Crippen LogP contribution is -2.39. The molecule has 0 saturated carbocycles. The summed E-state index contributed by atoms with van der Waals surface area (Å²) in [5.74, 6) is -0.258. The number of tetrazole rings is 1. The highest BCUT2D eigenvalue weighted by Gasteiger charge is 2.42. The van der Waals surface area contributed by atoms with Crippen molar-refractivity contribution in [2.24, 2.45) is 0 Å². The fourth-order valence-electron chi connectivity index (χ4n) is 5.40. The second-order valence-corrected chi connectivity index (χ2v) is 9.90. The number of aromatic amines is 1. The number of anilines is 1. The molecule has 2 N–H and O–H groups in total. The summed E-state index contributed by atoms with van der Waals surface area (Å²) in [4.78, 5) is 35.3. The Bertz CT molecular complexity index is 1600. The van der Waals surface area contributed by atoms with Crippen molar-refractivity contribution in [3.63, 3.8) is 0 Å². The van der Waals surface area contributed by atoms with E-state index in [2.05, 4.69) is 25.8 Å². The predicted molar refractivity (Wildman–Crippen MR) is 142 cm³/mol. The number of aromatic nitrogens is 6. The molecule has 198 valence electrons. The molecule has 6 rings (SSSR count). The zero-order valence-corrected chi connectivity index (χ0v) is 21.7. The predicted octanol–water partition coefficient (Wildman–Crippen LogP) is 4.71. The average Bonchev–Trinajstić information content (AvgIpc) is 3.71. The van der Waals surface area contributed by atoms with Gasteiger partial charge in [0.2, 0.25) is 11.8 Å². The van der Waals surface area contributed by atoms with Crippen LogP contribution in [0.3, 0.4) is 0 Å². The SMILES string of the molecule is CCC(=O)Nc1ccccc1-c1c[nH]c([C@@H]2CC[C@H]3CC(c4c(-n5cnnn5)ccc(Cl)c4F)=CC(=O)N32)n1. The normalized spacial score (nSPS) is 18.7. The number of amides is 2. The number of fused-ring (bicyclic) bond motifs is 1. The zero-order chi connectivity index (χ0) is 27.1. The van der Waals surface area contributed by atoms with Crippen LogP contribution in [0.4, 0.5) is 10.1 Å². The maximum absolute atomic E-state index is 15.3. The first-order valence-corrected chi connectivity index (χ1v) is 13.0. The van der Waals surface area contributed by atoms with Crippen molar-refractivity contribution >= 4 is 34.7 Å². The third kappa shape index (κ3) is 4.48. The van der Waals surface area contributed by atoms with Gasteiger partial charge in [0, 0.05) is 35.9 Å². The fourth-order valence-corrected chi connectivity index (χ4v) is 5.56. The number of halogens is 2. The molecule has 2 aliphatic heterocycles. The summed E-state index contributed by atoms with van der Waals surface area (Å²) >= 11 is 6.12. The van der Waals surface area contributed by atoms with Crippen molar-refractivity contribution in [2.45, 2.75) is 44.7 Å². The Kier molecular flexibility index (Phi) is 6.43. The fraction of sp³-hybridized carbons (Fsp3) is 0.259. The van der Waals surface area contributed by atoms with Crippen LogP contribution in [-0.2, 0) is 9.59 Å². The maximum atomic E-state index is 15.3. The quantitative estimate of drug-likeness (QED) is 0.361. The van der Waals surface area contributed by atoms with Crippen molar-refractivity contribution in [1.82, 2.24) is 35.1 Å². The summed E-state index contributed by atoms with van der Waals surface area (Å²) in [6.07, 6.45) is 6.88. The number of imidazole rings is 1. The lowest BCUT2D eigenvalue weighted by Gasteiger charge is -2.33. The summed E-state index contributed by atoms with van der Waals surface area (Å²) in [6.45, 7) is 1.80. The zero-order valence-electron chi connectivity index (χ0n) is 20.9. The number of carbonyl (C=O) groups excluding carboxylic acids is 2. The molecule has 0 spiro atoms. The first-order chi connectivity index (χ1) is 18.9. The first kappa shape index (κ1) is 24.9. The van der Waals surface area contributed by atoms with E-state index in [9.17, 15) is 9.59 Å². The number of benzene rings is 2. The van der Waals surface area contributed by atoms with Gasteiger partial charge in [0.15, 0.2) is 5.82 Å². The van der Waals surface area contributed by atoms with Gasteiger partial charge < -0.3 is 15.2 Å². The average molecular weight is 547 g/mol. The van der Waals surface area contributed by atoms with E-state index in [-0.39, 0.29) is 34.5 Å². The maximum Gasteiger partial charge on any atom is 0.247 e. The molecular formula is C27H24ClFN8O2. The molecule has 2 aromatic heterocycles. The van der Waals surface area contributed by atoms with Gasteiger partial charge in [-0.25, -0.2) is 9.37 Å². The Balaban J connectivity index is 1.30. The monoisotopic (exact) mass is 546 g/mol. The molecule has 2 atom stereocenters. The summed E-state index contributed by atoms with van der Waals surface area (Å²) in [5, 5.41) is 14.1. The molecule has 1 saturated heterocycles. The molecular weight excluding hydrogens is 523 g/mol. The highest BCUT2D eigenvalue weighted by molar-refractivity contribution is 6.31. The number of hydrogen-bond acceptors (Lipinski definition) is 6. The molecule has 2 aliphatic rings. The van der Waals surface area contributed by atoms with Gasteiger partial charge in [-0.3, -0.25) is 9.59 Å². The Labute approximate surface area is 227 Å². The van der Waals surface area contributed by atoms with Crippen molar-refractivity contribution in [3.05, 3.63) is 77.2 Å². The molecule has 0 radical (unpaired) electrons. The van der Waals surface area contributed by atoms with Crippen LogP contribution in [0.2, 0.25) is 5.02 Å². The molecule has 4 heterocycles. The molecule has 0 unspecified atom stereocenters. The van der Waals surface area contributed by atoms with Crippen molar-refractivity contribution in [2.75, 3.05) is 5.32 Å². The van der Waals surface area contributed by atoms with Crippen LogP contribution in [0.5, 0.6) is 0 Å². The molecule has 0 bridgehead atoms. The molecule has 10 nitrogen and oxygen atoms in total. The lowest BCUT2D eigenvalue weighted by molar-refractivity contribution is -0.129. The Morgan fingerprint density at radius 2 is 2.08 bits per heavy atom. The second kappa shape index (κ2) is 10.1. The van der Waals surface area contributed by atoms with Crippen LogP contribution < -0.4 is 5.32 Å². The van der Waals surface area contributed by atoms with E-state index in [1.165, 1.54) is 23.2 Å². The van der Waals surface area contributed by atoms with Crippen LogP contribution in [-0.4, -0.2) is 52.9 Å². The highest BCUT2D eigenvalue weighted by Crippen LogP contribution is 2.44. The minimum absolute atomic E-state index is 0.0413. The largest absolute Gasteiger partial charge is 0.346 e. The molecule has 12 heteroatoms. The summed E-state index contributed by atoms with van der Waals surface area (Å²) in [5.41, 5.74) is 3.32. The molecule has 2 amide bonds.